The number of ether oxygens (including phenoxy) is 1. The zero-order valence-electron chi connectivity index (χ0n) is 19.7. The Kier molecular flexibility index (Phi) is 6.28. The lowest BCUT2D eigenvalue weighted by Crippen LogP contribution is -2.57. The molecule has 1 amide bonds. The summed E-state index contributed by atoms with van der Waals surface area (Å²) in [6.45, 7) is 13.0. The molecule has 0 aliphatic carbocycles. The molecule has 1 atom stereocenters. The summed E-state index contributed by atoms with van der Waals surface area (Å²) in [5, 5.41) is 1.09. The van der Waals surface area contributed by atoms with Crippen LogP contribution in [0.4, 0.5) is 0 Å². The van der Waals surface area contributed by atoms with Crippen molar-refractivity contribution in [1.82, 2.24) is 19.7 Å². The standard InChI is InChI=1S/C26H38N4O2/c1-20(2)19-28-12-14-29(15-13-28)22-7-16-32-26(18-22)8-10-30(11-9-26)25(31)24-17-21-5-3-4-6-23(21)27-24/h3-6,17,20,22,27H,7-16,18-19H2,1-2H3/t22-/m0/s1. The number of aromatic amines is 1. The molecule has 0 saturated carbocycles. The molecule has 174 valence electrons. The number of piperidine rings is 1. The molecule has 0 unspecified atom stereocenters. The number of nitrogens with zero attached hydrogens (tertiary/aromatic N) is 3. The average molecular weight is 439 g/mol. The second-order valence-electron chi connectivity index (χ2n) is 10.5. The first-order valence-corrected chi connectivity index (χ1v) is 12.5. The van der Waals surface area contributed by atoms with Crippen LogP contribution in [0.25, 0.3) is 10.9 Å². The second kappa shape index (κ2) is 9.16. The second-order valence-corrected chi connectivity index (χ2v) is 10.5. The molecule has 3 aliphatic heterocycles. The van der Waals surface area contributed by atoms with Gasteiger partial charge in [0.1, 0.15) is 5.69 Å². The first-order valence-electron chi connectivity index (χ1n) is 12.5. The minimum absolute atomic E-state index is 0.0464. The van der Waals surface area contributed by atoms with Gasteiger partial charge < -0.3 is 19.5 Å². The van der Waals surface area contributed by atoms with Gasteiger partial charge >= 0.3 is 0 Å². The lowest BCUT2D eigenvalue weighted by Gasteiger charge is -2.49. The van der Waals surface area contributed by atoms with Gasteiger partial charge in [0.15, 0.2) is 0 Å². The van der Waals surface area contributed by atoms with Crippen molar-refractivity contribution in [2.75, 3.05) is 52.4 Å². The molecule has 1 aromatic heterocycles. The number of rotatable bonds is 4. The molecule has 3 fully saturated rings. The summed E-state index contributed by atoms with van der Waals surface area (Å²) in [6, 6.07) is 10.7. The van der Waals surface area contributed by atoms with Crippen molar-refractivity contribution in [3.63, 3.8) is 0 Å². The van der Waals surface area contributed by atoms with Crippen molar-refractivity contribution < 1.29 is 9.53 Å². The van der Waals surface area contributed by atoms with Crippen molar-refractivity contribution in [2.24, 2.45) is 5.92 Å². The highest BCUT2D eigenvalue weighted by Gasteiger charge is 2.43. The Balaban J connectivity index is 1.16. The first-order chi connectivity index (χ1) is 15.5. The van der Waals surface area contributed by atoms with E-state index in [0.29, 0.717) is 11.7 Å². The molecule has 0 radical (unpaired) electrons. The Hall–Kier alpha value is -1.89. The Morgan fingerprint density at radius 1 is 1.12 bits per heavy atom. The molecule has 5 rings (SSSR count). The van der Waals surface area contributed by atoms with E-state index in [2.05, 4.69) is 28.6 Å². The van der Waals surface area contributed by atoms with E-state index in [4.69, 9.17) is 4.74 Å². The number of benzene rings is 1. The van der Waals surface area contributed by atoms with Crippen LogP contribution in [0.5, 0.6) is 0 Å². The molecule has 6 heteroatoms. The maximum Gasteiger partial charge on any atom is 0.270 e. The van der Waals surface area contributed by atoms with E-state index < -0.39 is 0 Å². The Morgan fingerprint density at radius 2 is 1.88 bits per heavy atom. The smallest absolute Gasteiger partial charge is 0.270 e. The predicted octanol–water partition coefficient (Wildman–Crippen LogP) is 3.60. The van der Waals surface area contributed by atoms with Crippen LogP contribution in [0.2, 0.25) is 0 Å². The Bertz CT molecular complexity index is 890. The number of H-pyrrole nitrogens is 1. The molecule has 1 N–H and O–H groups in total. The van der Waals surface area contributed by atoms with E-state index in [1.807, 2.05) is 35.2 Å². The lowest BCUT2D eigenvalue weighted by molar-refractivity contribution is -0.132. The molecular weight excluding hydrogens is 400 g/mol. The Morgan fingerprint density at radius 3 is 2.59 bits per heavy atom. The molecule has 1 spiro atoms. The zero-order chi connectivity index (χ0) is 22.1. The molecule has 3 saturated heterocycles. The van der Waals surface area contributed by atoms with Crippen LogP contribution in [0.3, 0.4) is 0 Å². The predicted molar refractivity (Wildman–Crippen MR) is 128 cm³/mol. The van der Waals surface area contributed by atoms with Crippen LogP contribution in [0.1, 0.15) is 50.0 Å². The van der Waals surface area contributed by atoms with Crippen molar-refractivity contribution in [1.29, 1.82) is 0 Å². The van der Waals surface area contributed by atoms with Crippen LogP contribution in [-0.2, 0) is 4.74 Å². The molecule has 0 bridgehead atoms. The third kappa shape index (κ3) is 4.59. The van der Waals surface area contributed by atoms with Gasteiger partial charge in [0.05, 0.1) is 5.60 Å². The molecule has 2 aromatic rings. The number of piperazine rings is 1. The van der Waals surface area contributed by atoms with Crippen molar-refractivity contribution >= 4 is 16.8 Å². The quantitative estimate of drug-likeness (QED) is 0.793. The Labute approximate surface area is 191 Å². The maximum atomic E-state index is 13.1. The minimum Gasteiger partial charge on any atom is -0.375 e. The summed E-state index contributed by atoms with van der Waals surface area (Å²) in [6.07, 6.45) is 4.15. The fourth-order valence-corrected chi connectivity index (χ4v) is 5.97. The largest absolute Gasteiger partial charge is 0.375 e. The summed E-state index contributed by atoms with van der Waals surface area (Å²) in [7, 11) is 0. The van der Waals surface area contributed by atoms with Crippen LogP contribution >= 0.6 is 0 Å². The van der Waals surface area contributed by atoms with Gasteiger partial charge in [-0.15, -0.1) is 0 Å². The SMILES string of the molecule is CC(C)CN1CCN([C@H]2CCOC3(CCN(C(=O)c4cc5ccccc5[nH]4)CC3)C2)CC1. The highest BCUT2D eigenvalue weighted by Crippen LogP contribution is 2.37. The summed E-state index contributed by atoms with van der Waals surface area (Å²) >= 11 is 0. The number of hydrogen-bond acceptors (Lipinski definition) is 4. The first kappa shape index (κ1) is 21.9. The van der Waals surface area contributed by atoms with E-state index in [-0.39, 0.29) is 11.5 Å². The van der Waals surface area contributed by atoms with Gasteiger partial charge in [0.25, 0.3) is 5.91 Å². The number of nitrogens with one attached hydrogen (secondary N) is 1. The van der Waals surface area contributed by atoms with Crippen molar-refractivity contribution in [2.45, 2.75) is 51.2 Å². The van der Waals surface area contributed by atoms with Gasteiger partial charge in [-0.3, -0.25) is 9.69 Å². The summed E-state index contributed by atoms with van der Waals surface area (Å²) in [4.78, 5) is 23.7. The van der Waals surface area contributed by atoms with Crippen LogP contribution in [0, 0.1) is 5.92 Å². The highest BCUT2D eigenvalue weighted by atomic mass is 16.5. The number of amides is 1. The zero-order valence-corrected chi connectivity index (χ0v) is 19.7. The van der Waals surface area contributed by atoms with Crippen LogP contribution in [-0.4, -0.2) is 89.7 Å². The van der Waals surface area contributed by atoms with Gasteiger partial charge in [0, 0.05) is 69.4 Å². The molecular formula is C26H38N4O2. The average Bonchev–Trinajstić information content (AvgIpc) is 3.24. The van der Waals surface area contributed by atoms with Crippen LogP contribution in [0.15, 0.2) is 30.3 Å². The van der Waals surface area contributed by atoms with Gasteiger partial charge in [-0.25, -0.2) is 0 Å². The van der Waals surface area contributed by atoms with E-state index in [9.17, 15) is 4.79 Å². The summed E-state index contributed by atoms with van der Waals surface area (Å²) in [5.74, 6) is 0.856. The van der Waals surface area contributed by atoms with Gasteiger partial charge in [-0.05, 0) is 43.7 Å². The fraction of sp³-hybridized carbons (Fsp3) is 0.654. The molecule has 4 heterocycles. The number of carbonyl (C=O) groups excluding carboxylic acids is 1. The van der Waals surface area contributed by atoms with E-state index in [0.717, 1.165) is 62.2 Å². The number of carbonyl (C=O) groups is 1. The number of aromatic nitrogens is 1. The number of likely N-dealkylation sites (tertiary alicyclic amines) is 1. The number of fused-ring (bicyclic) bond motifs is 1. The maximum absolute atomic E-state index is 13.1. The lowest BCUT2D eigenvalue weighted by atomic mass is 9.81. The molecule has 3 aliphatic rings. The number of para-hydroxylation sites is 1. The van der Waals surface area contributed by atoms with E-state index in [1.165, 1.54) is 32.7 Å². The van der Waals surface area contributed by atoms with E-state index in [1.54, 1.807) is 0 Å². The van der Waals surface area contributed by atoms with Gasteiger partial charge in [0.2, 0.25) is 0 Å². The molecule has 6 nitrogen and oxygen atoms in total. The van der Waals surface area contributed by atoms with Gasteiger partial charge in [-0.2, -0.15) is 0 Å². The number of hydrogen-bond donors (Lipinski definition) is 1. The van der Waals surface area contributed by atoms with Crippen molar-refractivity contribution in [3.05, 3.63) is 36.0 Å². The van der Waals surface area contributed by atoms with Gasteiger partial charge in [-0.1, -0.05) is 32.0 Å². The summed E-state index contributed by atoms with van der Waals surface area (Å²) in [5.41, 5.74) is 1.68. The minimum atomic E-state index is -0.0464. The summed E-state index contributed by atoms with van der Waals surface area (Å²) < 4.78 is 6.40. The molecule has 32 heavy (non-hydrogen) atoms. The van der Waals surface area contributed by atoms with Crippen molar-refractivity contribution in [3.8, 4) is 0 Å². The topological polar surface area (TPSA) is 51.8 Å². The highest BCUT2D eigenvalue weighted by molar-refractivity contribution is 5.98. The third-order valence-electron chi connectivity index (χ3n) is 7.74. The van der Waals surface area contributed by atoms with E-state index >= 15 is 0 Å². The fourth-order valence-electron chi connectivity index (χ4n) is 5.97. The van der Waals surface area contributed by atoms with Crippen LogP contribution < -0.4 is 0 Å². The monoisotopic (exact) mass is 438 g/mol. The normalized spacial score (nSPS) is 25.1. The third-order valence-corrected chi connectivity index (χ3v) is 7.74. The molecule has 1 aromatic carbocycles.